The molecule has 0 atom stereocenters. The highest BCUT2D eigenvalue weighted by Gasteiger charge is 2.15. The lowest BCUT2D eigenvalue weighted by Gasteiger charge is -2.10. The second kappa shape index (κ2) is 5.62. The summed E-state index contributed by atoms with van der Waals surface area (Å²) in [5.74, 6) is -0.766. The Morgan fingerprint density at radius 2 is 2.26 bits per heavy atom. The molecule has 0 aliphatic rings. The van der Waals surface area contributed by atoms with Gasteiger partial charge in [0.05, 0.1) is 11.4 Å². The Balaban J connectivity index is 2.43. The number of rotatable bonds is 4. The Morgan fingerprint density at radius 1 is 1.53 bits per heavy atom. The van der Waals surface area contributed by atoms with Crippen LogP contribution in [0.5, 0.6) is 0 Å². The number of thioether (sulfide) groups is 1. The highest BCUT2D eigenvalue weighted by Crippen LogP contribution is 2.26. The Hall–Kier alpha value is -1.54. The average molecular weight is 343 g/mol. The van der Waals surface area contributed by atoms with E-state index in [9.17, 15) is 4.79 Å². The van der Waals surface area contributed by atoms with Crippen LogP contribution in [-0.2, 0) is 4.79 Å². The summed E-state index contributed by atoms with van der Waals surface area (Å²) >= 11 is 4.47. The molecule has 1 heterocycles. The molecule has 0 aliphatic heterocycles. The fraction of sp³-hybridized carbons (Fsp3) is 0.182. The van der Waals surface area contributed by atoms with Crippen LogP contribution in [0.4, 0.5) is 5.95 Å². The molecule has 3 N–H and O–H groups in total. The van der Waals surface area contributed by atoms with E-state index in [-0.39, 0.29) is 11.7 Å². The van der Waals surface area contributed by atoms with Crippen molar-refractivity contribution >= 4 is 39.6 Å². The molecule has 0 fully saturated rings. The molecule has 100 valence electrons. The number of anilines is 1. The van der Waals surface area contributed by atoms with Crippen molar-refractivity contribution in [3.8, 4) is 5.69 Å². The number of hydrogen-bond donors (Lipinski definition) is 2. The summed E-state index contributed by atoms with van der Waals surface area (Å²) in [6.45, 7) is 1.94. The molecule has 1 aromatic carbocycles. The summed E-state index contributed by atoms with van der Waals surface area (Å²) in [4.78, 5) is 10.6. The third-order valence-corrected chi connectivity index (χ3v) is 3.79. The Bertz CT molecular complexity index is 629. The van der Waals surface area contributed by atoms with Crippen LogP contribution < -0.4 is 5.73 Å². The Kier molecular flexibility index (Phi) is 4.11. The number of halogens is 1. The van der Waals surface area contributed by atoms with Crippen LogP contribution in [0.25, 0.3) is 5.69 Å². The van der Waals surface area contributed by atoms with Crippen LogP contribution in [0.1, 0.15) is 5.56 Å². The number of nitrogens with zero attached hydrogens (tertiary/aromatic N) is 3. The van der Waals surface area contributed by atoms with Crippen LogP contribution in [0.2, 0.25) is 0 Å². The first-order valence-electron chi connectivity index (χ1n) is 5.31. The van der Waals surface area contributed by atoms with Gasteiger partial charge in [0, 0.05) is 4.47 Å². The van der Waals surface area contributed by atoms with Crippen LogP contribution in [0, 0.1) is 6.92 Å². The van der Waals surface area contributed by atoms with Crippen molar-refractivity contribution in [3.05, 3.63) is 28.2 Å². The van der Waals surface area contributed by atoms with Crippen molar-refractivity contribution in [3.63, 3.8) is 0 Å². The van der Waals surface area contributed by atoms with Gasteiger partial charge in [0.15, 0.2) is 5.16 Å². The molecule has 0 spiro atoms. The Labute approximate surface area is 122 Å². The zero-order valence-electron chi connectivity index (χ0n) is 10.00. The molecule has 0 aliphatic carbocycles. The molecule has 0 saturated carbocycles. The summed E-state index contributed by atoms with van der Waals surface area (Å²) in [6.07, 6.45) is 0. The summed E-state index contributed by atoms with van der Waals surface area (Å²) in [6, 6.07) is 5.71. The first-order valence-corrected chi connectivity index (χ1v) is 7.09. The quantitative estimate of drug-likeness (QED) is 0.826. The van der Waals surface area contributed by atoms with E-state index >= 15 is 0 Å². The van der Waals surface area contributed by atoms with Crippen LogP contribution in [0.15, 0.2) is 27.8 Å². The fourth-order valence-corrected chi connectivity index (χ4v) is 2.75. The Morgan fingerprint density at radius 3 is 2.89 bits per heavy atom. The monoisotopic (exact) mass is 342 g/mol. The number of carboxylic acids is 1. The van der Waals surface area contributed by atoms with Crippen molar-refractivity contribution in [2.45, 2.75) is 12.1 Å². The number of aromatic nitrogens is 3. The average Bonchev–Trinajstić information content (AvgIpc) is 2.68. The van der Waals surface area contributed by atoms with E-state index in [4.69, 9.17) is 10.8 Å². The van der Waals surface area contributed by atoms with Gasteiger partial charge in [0.1, 0.15) is 0 Å². The van der Waals surface area contributed by atoms with E-state index in [0.29, 0.717) is 5.16 Å². The minimum Gasteiger partial charge on any atom is -0.481 e. The zero-order chi connectivity index (χ0) is 14.0. The smallest absolute Gasteiger partial charge is 0.313 e. The SMILES string of the molecule is Cc1cc(Br)ccc1-n1c(N)nnc1SCC(=O)O. The second-order valence-corrected chi connectivity index (χ2v) is 5.65. The predicted molar refractivity (Wildman–Crippen MR) is 76.6 cm³/mol. The van der Waals surface area contributed by atoms with E-state index in [1.54, 1.807) is 4.57 Å². The molecule has 0 bridgehead atoms. The minimum absolute atomic E-state index is 0.0896. The molecular formula is C11H11BrN4O2S. The van der Waals surface area contributed by atoms with Crippen molar-refractivity contribution in [1.29, 1.82) is 0 Å². The molecule has 0 saturated heterocycles. The first kappa shape index (κ1) is 13.9. The van der Waals surface area contributed by atoms with Gasteiger partial charge in [-0.1, -0.05) is 27.7 Å². The van der Waals surface area contributed by atoms with Crippen molar-refractivity contribution in [2.24, 2.45) is 0 Å². The number of carboxylic acid groups (broad SMARTS) is 1. The van der Waals surface area contributed by atoms with Gasteiger partial charge in [-0.3, -0.25) is 9.36 Å². The van der Waals surface area contributed by atoms with E-state index in [2.05, 4.69) is 26.1 Å². The van der Waals surface area contributed by atoms with Crippen molar-refractivity contribution < 1.29 is 9.90 Å². The normalized spacial score (nSPS) is 10.6. The van der Waals surface area contributed by atoms with Crippen LogP contribution in [0.3, 0.4) is 0 Å². The van der Waals surface area contributed by atoms with Crippen molar-refractivity contribution in [2.75, 3.05) is 11.5 Å². The number of hydrogen-bond acceptors (Lipinski definition) is 5. The number of nitrogens with two attached hydrogens (primary N) is 1. The summed E-state index contributed by atoms with van der Waals surface area (Å²) in [5.41, 5.74) is 7.62. The van der Waals surface area contributed by atoms with Gasteiger partial charge >= 0.3 is 5.97 Å². The lowest BCUT2D eigenvalue weighted by atomic mass is 10.2. The minimum atomic E-state index is -0.911. The van der Waals surface area contributed by atoms with E-state index in [1.807, 2.05) is 25.1 Å². The number of aliphatic carboxylic acids is 1. The lowest BCUT2D eigenvalue weighted by molar-refractivity contribution is -0.133. The summed E-state index contributed by atoms with van der Waals surface area (Å²) < 4.78 is 2.61. The zero-order valence-corrected chi connectivity index (χ0v) is 12.4. The van der Waals surface area contributed by atoms with Gasteiger partial charge in [-0.2, -0.15) is 0 Å². The van der Waals surface area contributed by atoms with Crippen molar-refractivity contribution in [1.82, 2.24) is 14.8 Å². The molecule has 2 rings (SSSR count). The lowest BCUT2D eigenvalue weighted by Crippen LogP contribution is -2.05. The van der Waals surface area contributed by atoms with Crippen LogP contribution >= 0.6 is 27.7 Å². The number of nitrogen functional groups attached to an aromatic ring is 1. The topological polar surface area (TPSA) is 94.0 Å². The molecule has 8 heteroatoms. The fourth-order valence-electron chi connectivity index (χ4n) is 1.60. The molecule has 1 aromatic heterocycles. The first-order chi connectivity index (χ1) is 8.99. The summed E-state index contributed by atoms with van der Waals surface area (Å²) in [7, 11) is 0. The second-order valence-electron chi connectivity index (χ2n) is 3.79. The maximum absolute atomic E-state index is 10.6. The van der Waals surface area contributed by atoms with Gasteiger partial charge < -0.3 is 10.8 Å². The third-order valence-electron chi connectivity index (χ3n) is 2.38. The molecule has 0 radical (unpaired) electrons. The number of aryl methyl sites for hydroxylation is 1. The standard InChI is InChI=1S/C11H11BrN4O2S/c1-6-4-7(12)2-3-8(6)16-10(13)14-15-11(16)19-5-9(17)18/h2-4H,5H2,1H3,(H2,13,14)(H,17,18). The van der Waals surface area contributed by atoms with Gasteiger partial charge in [-0.25, -0.2) is 0 Å². The number of benzene rings is 1. The summed E-state index contributed by atoms with van der Waals surface area (Å²) in [5, 5.41) is 16.9. The van der Waals surface area contributed by atoms with E-state index in [0.717, 1.165) is 27.5 Å². The van der Waals surface area contributed by atoms with Gasteiger partial charge in [-0.05, 0) is 30.7 Å². The third kappa shape index (κ3) is 3.07. The maximum atomic E-state index is 10.6. The maximum Gasteiger partial charge on any atom is 0.313 e. The highest BCUT2D eigenvalue weighted by molar-refractivity contribution is 9.10. The molecule has 6 nitrogen and oxygen atoms in total. The molecule has 0 unspecified atom stereocenters. The van der Waals surface area contributed by atoms with Gasteiger partial charge in [0.25, 0.3) is 0 Å². The predicted octanol–water partition coefficient (Wildman–Crippen LogP) is 2.10. The molecule has 19 heavy (non-hydrogen) atoms. The highest BCUT2D eigenvalue weighted by atomic mass is 79.9. The van der Waals surface area contributed by atoms with Crippen LogP contribution in [-0.4, -0.2) is 31.6 Å². The molecule has 2 aromatic rings. The molecule has 0 amide bonds. The van der Waals surface area contributed by atoms with Gasteiger partial charge in [-0.15, -0.1) is 10.2 Å². The molecular weight excluding hydrogens is 332 g/mol. The van der Waals surface area contributed by atoms with E-state index in [1.165, 1.54) is 0 Å². The number of carbonyl (C=O) groups is 1. The van der Waals surface area contributed by atoms with E-state index < -0.39 is 5.97 Å². The van der Waals surface area contributed by atoms with Gasteiger partial charge in [0.2, 0.25) is 5.95 Å². The largest absolute Gasteiger partial charge is 0.481 e.